The zero-order valence-corrected chi connectivity index (χ0v) is 9.52. The molecule has 3 heteroatoms. The number of ether oxygens (including phenoxy) is 1. The summed E-state index contributed by atoms with van der Waals surface area (Å²) >= 11 is 0. The van der Waals surface area contributed by atoms with Gasteiger partial charge in [-0.15, -0.1) is 0 Å². The molecule has 3 atom stereocenters. The monoisotopic (exact) mass is 208 g/mol. The van der Waals surface area contributed by atoms with Gasteiger partial charge in [-0.05, 0) is 38.8 Å². The van der Waals surface area contributed by atoms with E-state index in [1.807, 2.05) is 6.92 Å². The first kappa shape index (κ1) is 10.7. The summed E-state index contributed by atoms with van der Waals surface area (Å²) in [6.45, 7) is 5.10. The van der Waals surface area contributed by atoms with E-state index in [1.54, 1.807) is 0 Å². The molecule has 3 nitrogen and oxygen atoms in total. The van der Waals surface area contributed by atoms with Crippen LogP contribution in [0.1, 0.15) is 38.4 Å². The predicted molar refractivity (Wildman–Crippen MR) is 60.6 cm³/mol. The number of rotatable bonds is 3. The molecule has 2 rings (SSSR count). The maximum Gasteiger partial charge on any atom is 0.0758 e. The molecule has 84 valence electrons. The third kappa shape index (κ3) is 2.41. The second-order valence-corrected chi connectivity index (χ2v) is 4.52. The summed E-state index contributed by atoms with van der Waals surface area (Å²) in [5.41, 5.74) is 7.09. The minimum atomic E-state index is 0.0961. The smallest absolute Gasteiger partial charge is 0.0758 e. The number of hydrogen-bond acceptors (Lipinski definition) is 2. The highest BCUT2D eigenvalue weighted by molar-refractivity contribution is 5.10. The van der Waals surface area contributed by atoms with Crippen LogP contribution in [0.2, 0.25) is 0 Å². The van der Waals surface area contributed by atoms with Crippen LogP contribution in [-0.2, 0) is 11.3 Å². The van der Waals surface area contributed by atoms with Gasteiger partial charge in [-0.3, -0.25) is 0 Å². The molecule has 1 aliphatic heterocycles. The molecule has 1 aromatic heterocycles. The predicted octanol–water partition coefficient (Wildman–Crippen LogP) is 2.08. The van der Waals surface area contributed by atoms with E-state index in [9.17, 15) is 0 Å². The van der Waals surface area contributed by atoms with Crippen LogP contribution in [0.3, 0.4) is 0 Å². The molecule has 2 N–H and O–H groups in total. The Morgan fingerprint density at radius 2 is 2.40 bits per heavy atom. The number of aromatic nitrogens is 1. The molecule has 0 saturated carbocycles. The van der Waals surface area contributed by atoms with Crippen molar-refractivity contribution in [2.75, 3.05) is 0 Å². The normalized spacial score (nSPS) is 28.2. The van der Waals surface area contributed by atoms with E-state index in [1.165, 1.54) is 12.1 Å². The van der Waals surface area contributed by atoms with E-state index in [0.717, 1.165) is 13.0 Å². The van der Waals surface area contributed by atoms with Crippen LogP contribution in [0, 0.1) is 0 Å². The largest absolute Gasteiger partial charge is 0.373 e. The third-order valence-corrected chi connectivity index (χ3v) is 3.05. The Morgan fingerprint density at radius 1 is 1.60 bits per heavy atom. The van der Waals surface area contributed by atoms with Gasteiger partial charge in [0.1, 0.15) is 0 Å². The highest BCUT2D eigenvalue weighted by atomic mass is 16.5. The molecule has 0 radical (unpaired) electrons. The fourth-order valence-electron chi connectivity index (χ4n) is 2.25. The van der Waals surface area contributed by atoms with Crippen LogP contribution >= 0.6 is 0 Å². The number of nitrogens with zero attached hydrogens (tertiary/aromatic N) is 1. The zero-order chi connectivity index (χ0) is 10.8. The van der Waals surface area contributed by atoms with Crippen molar-refractivity contribution in [2.45, 2.75) is 51.5 Å². The molecule has 1 aliphatic rings. The van der Waals surface area contributed by atoms with Gasteiger partial charge in [0.05, 0.1) is 12.2 Å². The van der Waals surface area contributed by atoms with Crippen molar-refractivity contribution >= 4 is 0 Å². The Morgan fingerprint density at radius 3 is 3.00 bits per heavy atom. The Bertz CT molecular complexity index is 319. The van der Waals surface area contributed by atoms with Gasteiger partial charge >= 0.3 is 0 Å². The molecule has 1 aromatic rings. The van der Waals surface area contributed by atoms with Gasteiger partial charge in [0.25, 0.3) is 0 Å². The average molecular weight is 208 g/mol. The molecule has 0 bridgehead atoms. The van der Waals surface area contributed by atoms with Crippen molar-refractivity contribution in [3.8, 4) is 0 Å². The standard InChI is InChI=1S/C12H20N2O/c1-9-5-6-11(15-9)8-14-7-3-4-12(14)10(2)13/h3-4,7,9-11H,5-6,8,13H2,1-2H3. The van der Waals surface area contributed by atoms with Gasteiger partial charge in [0.15, 0.2) is 0 Å². The zero-order valence-electron chi connectivity index (χ0n) is 9.52. The van der Waals surface area contributed by atoms with E-state index in [0.29, 0.717) is 12.2 Å². The topological polar surface area (TPSA) is 40.2 Å². The summed E-state index contributed by atoms with van der Waals surface area (Å²) in [5, 5.41) is 0. The number of nitrogens with two attached hydrogens (primary N) is 1. The molecule has 0 aromatic carbocycles. The SMILES string of the molecule is CC1CCC(Cn2cccc2C(C)N)O1. The van der Waals surface area contributed by atoms with Crippen LogP contribution in [0.5, 0.6) is 0 Å². The van der Waals surface area contributed by atoms with Gasteiger partial charge < -0.3 is 15.0 Å². The van der Waals surface area contributed by atoms with Crippen molar-refractivity contribution in [3.63, 3.8) is 0 Å². The van der Waals surface area contributed by atoms with Crippen LogP contribution in [-0.4, -0.2) is 16.8 Å². The highest BCUT2D eigenvalue weighted by Gasteiger charge is 2.22. The first-order chi connectivity index (χ1) is 7.16. The van der Waals surface area contributed by atoms with E-state index >= 15 is 0 Å². The molecular weight excluding hydrogens is 188 g/mol. The Hall–Kier alpha value is -0.800. The molecule has 2 heterocycles. The van der Waals surface area contributed by atoms with Crippen molar-refractivity contribution in [1.82, 2.24) is 4.57 Å². The van der Waals surface area contributed by atoms with Gasteiger partial charge in [-0.25, -0.2) is 0 Å². The summed E-state index contributed by atoms with van der Waals surface area (Å²) < 4.78 is 8.02. The Kier molecular flexibility index (Phi) is 3.12. The van der Waals surface area contributed by atoms with Crippen LogP contribution in [0.15, 0.2) is 18.3 Å². The second-order valence-electron chi connectivity index (χ2n) is 4.52. The van der Waals surface area contributed by atoms with Crippen molar-refractivity contribution in [3.05, 3.63) is 24.0 Å². The van der Waals surface area contributed by atoms with Crippen LogP contribution in [0.25, 0.3) is 0 Å². The molecule has 1 saturated heterocycles. The minimum Gasteiger partial charge on any atom is -0.373 e. The first-order valence-electron chi connectivity index (χ1n) is 5.73. The maximum atomic E-state index is 5.90. The lowest BCUT2D eigenvalue weighted by Crippen LogP contribution is -2.20. The summed E-state index contributed by atoms with van der Waals surface area (Å²) in [4.78, 5) is 0. The molecule has 15 heavy (non-hydrogen) atoms. The maximum absolute atomic E-state index is 5.90. The van der Waals surface area contributed by atoms with Gasteiger partial charge in [0.2, 0.25) is 0 Å². The molecule has 0 aliphatic carbocycles. The molecule has 0 spiro atoms. The molecule has 1 fully saturated rings. The van der Waals surface area contributed by atoms with Crippen LogP contribution < -0.4 is 5.73 Å². The van der Waals surface area contributed by atoms with E-state index < -0.39 is 0 Å². The fraction of sp³-hybridized carbons (Fsp3) is 0.667. The van der Waals surface area contributed by atoms with E-state index in [2.05, 4.69) is 29.8 Å². The first-order valence-corrected chi connectivity index (χ1v) is 5.73. The third-order valence-electron chi connectivity index (χ3n) is 3.05. The summed E-state index contributed by atoms with van der Waals surface area (Å²) in [7, 11) is 0. The van der Waals surface area contributed by atoms with E-state index in [-0.39, 0.29) is 6.04 Å². The summed E-state index contributed by atoms with van der Waals surface area (Å²) in [6, 6.07) is 4.24. The van der Waals surface area contributed by atoms with Crippen molar-refractivity contribution in [1.29, 1.82) is 0 Å². The molecular formula is C12H20N2O. The van der Waals surface area contributed by atoms with Gasteiger partial charge in [-0.1, -0.05) is 0 Å². The average Bonchev–Trinajstić information content (AvgIpc) is 2.75. The lowest BCUT2D eigenvalue weighted by Gasteiger charge is -2.16. The van der Waals surface area contributed by atoms with Crippen molar-refractivity contribution in [2.24, 2.45) is 5.73 Å². The van der Waals surface area contributed by atoms with Gasteiger partial charge in [-0.2, -0.15) is 0 Å². The summed E-state index contributed by atoms with van der Waals surface area (Å²) in [6.07, 6.45) is 5.22. The quantitative estimate of drug-likeness (QED) is 0.826. The summed E-state index contributed by atoms with van der Waals surface area (Å²) in [5.74, 6) is 0. The molecule has 3 unspecified atom stereocenters. The molecule has 0 amide bonds. The Labute approximate surface area is 91.2 Å². The fourth-order valence-corrected chi connectivity index (χ4v) is 2.25. The van der Waals surface area contributed by atoms with Crippen LogP contribution in [0.4, 0.5) is 0 Å². The lowest BCUT2D eigenvalue weighted by atomic mass is 10.2. The van der Waals surface area contributed by atoms with E-state index in [4.69, 9.17) is 10.5 Å². The lowest BCUT2D eigenvalue weighted by molar-refractivity contribution is 0.0453. The second kappa shape index (κ2) is 4.37. The number of hydrogen-bond donors (Lipinski definition) is 1. The van der Waals surface area contributed by atoms with Crippen molar-refractivity contribution < 1.29 is 4.74 Å². The minimum absolute atomic E-state index is 0.0961. The Balaban J connectivity index is 2.01. The highest BCUT2D eigenvalue weighted by Crippen LogP contribution is 2.22. The van der Waals surface area contributed by atoms with Gasteiger partial charge in [0, 0.05) is 24.5 Å².